The minimum absolute atomic E-state index is 0.103. The highest BCUT2D eigenvalue weighted by Gasteiger charge is 2.29. The predicted molar refractivity (Wildman–Crippen MR) is 121 cm³/mol. The number of rotatable bonds is 5. The predicted octanol–water partition coefficient (Wildman–Crippen LogP) is 3.34. The van der Waals surface area contributed by atoms with Gasteiger partial charge in [-0.25, -0.2) is 19.3 Å². The summed E-state index contributed by atoms with van der Waals surface area (Å²) in [6.45, 7) is 2.85. The van der Waals surface area contributed by atoms with E-state index in [9.17, 15) is 9.18 Å². The van der Waals surface area contributed by atoms with Gasteiger partial charge in [-0.1, -0.05) is 0 Å². The number of methoxy groups -OCH3 is 1. The van der Waals surface area contributed by atoms with Crippen LogP contribution in [0, 0.1) is 18.7 Å². The molecule has 33 heavy (non-hydrogen) atoms. The molecule has 0 saturated heterocycles. The molecule has 0 spiro atoms. The third kappa shape index (κ3) is 4.30. The summed E-state index contributed by atoms with van der Waals surface area (Å²) in [4.78, 5) is 27.6. The molecular formula is C23H26FN7O2. The molecule has 1 aromatic carbocycles. The molecule has 2 aliphatic rings. The van der Waals surface area contributed by atoms with Crippen molar-refractivity contribution in [2.75, 3.05) is 30.4 Å². The van der Waals surface area contributed by atoms with Crippen molar-refractivity contribution in [3.05, 3.63) is 36.0 Å². The summed E-state index contributed by atoms with van der Waals surface area (Å²) in [6.07, 6.45) is 7.38. The molecule has 172 valence electrons. The molecule has 0 atom stereocenters. The van der Waals surface area contributed by atoms with Crippen molar-refractivity contribution in [1.29, 1.82) is 0 Å². The maximum absolute atomic E-state index is 14.9. The molecule has 0 bridgehead atoms. The van der Waals surface area contributed by atoms with Gasteiger partial charge in [0.2, 0.25) is 5.91 Å². The first-order chi connectivity index (χ1) is 16.0. The summed E-state index contributed by atoms with van der Waals surface area (Å²) >= 11 is 0. The number of hydrogen-bond donors (Lipinski definition) is 2. The fourth-order valence-corrected chi connectivity index (χ4v) is 4.72. The Morgan fingerprint density at radius 3 is 2.73 bits per heavy atom. The molecule has 1 aliphatic carbocycles. The van der Waals surface area contributed by atoms with Crippen LogP contribution in [0.2, 0.25) is 0 Å². The zero-order valence-electron chi connectivity index (χ0n) is 18.6. The van der Waals surface area contributed by atoms with Crippen molar-refractivity contribution in [2.45, 2.75) is 38.7 Å². The first-order valence-electron chi connectivity index (χ1n) is 11.1. The van der Waals surface area contributed by atoms with Crippen LogP contribution in [0.1, 0.15) is 31.2 Å². The molecule has 1 fully saturated rings. The summed E-state index contributed by atoms with van der Waals surface area (Å²) in [6, 6.07) is 3.17. The number of benzene rings is 1. The van der Waals surface area contributed by atoms with E-state index in [4.69, 9.17) is 9.72 Å². The number of nitrogens with one attached hydrogen (secondary N) is 2. The molecule has 2 N–H and O–H groups in total. The molecule has 1 amide bonds. The minimum Gasteiger partial charge on any atom is -0.381 e. The quantitative estimate of drug-likeness (QED) is 0.612. The molecule has 1 aliphatic heterocycles. The second-order valence-corrected chi connectivity index (χ2v) is 8.72. The fourth-order valence-electron chi connectivity index (χ4n) is 4.72. The van der Waals surface area contributed by atoms with Crippen LogP contribution in [0.4, 0.5) is 16.0 Å². The largest absolute Gasteiger partial charge is 0.381 e. The van der Waals surface area contributed by atoms with Crippen molar-refractivity contribution in [1.82, 2.24) is 25.1 Å². The average molecular weight is 452 g/mol. The minimum atomic E-state index is -0.424. The molecule has 1 saturated carbocycles. The van der Waals surface area contributed by atoms with E-state index in [1.807, 2.05) is 11.8 Å². The van der Waals surface area contributed by atoms with E-state index < -0.39 is 5.82 Å². The van der Waals surface area contributed by atoms with E-state index in [1.54, 1.807) is 19.4 Å². The van der Waals surface area contributed by atoms with Crippen LogP contribution >= 0.6 is 0 Å². The van der Waals surface area contributed by atoms with Crippen molar-refractivity contribution in [2.24, 2.45) is 5.92 Å². The Balaban J connectivity index is 1.44. The van der Waals surface area contributed by atoms with Crippen LogP contribution in [0.25, 0.3) is 22.6 Å². The number of halogens is 1. The van der Waals surface area contributed by atoms with Crippen LogP contribution < -0.4 is 10.2 Å². The Hall–Kier alpha value is -3.40. The lowest BCUT2D eigenvalue weighted by atomic mass is 9.87. The van der Waals surface area contributed by atoms with Gasteiger partial charge in [0.25, 0.3) is 0 Å². The van der Waals surface area contributed by atoms with Gasteiger partial charge in [0.05, 0.1) is 30.1 Å². The zero-order valence-corrected chi connectivity index (χ0v) is 18.6. The molecule has 3 heterocycles. The Kier molecular flexibility index (Phi) is 5.76. The van der Waals surface area contributed by atoms with Crippen molar-refractivity contribution >= 4 is 17.5 Å². The zero-order chi connectivity index (χ0) is 22.9. The molecular weight excluding hydrogens is 425 g/mol. The number of fused-ring (bicyclic) bond motifs is 1. The van der Waals surface area contributed by atoms with Gasteiger partial charge in [0.1, 0.15) is 12.1 Å². The summed E-state index contributed by atoms with van der Waals surface area (Å²) in [7, 11) is 1.76. The van der Waals surface area contributed by atoms with Crippen LogP contribution in [-0.2, 0) is 9.53 Å². The van der Waals surface area contributed by atoms with Gasteiger partial charge in [-0.15, -0.1) is 0 Å². The molecule has 3 aromatic rings. The number of ether oxygens (including phenoxy) is 1. The van der Waals surface area contributed by atoms with Crippen LogP contribution in [0.5, 0.6) is 0 Å². The van der Waals surface area contributed by atoms with E-state index in [2.05, 4.69) is 25.5 Å². The maximum atomic E-state index is 14.9. The Morgan fingerprint density at radius 2 is 2.00 bits per heavy atom. The number of H-pyrrole nitrogens is 1. The Morgan fingerprint density at radius 1 is 1.18 bits per heavy atom. The van der Waals surface area contributed by atoms with Gasteiger partial charge in [0.15, 0.2) is 17.5 Å². The molecule has 9 nitrogen and oxygen atoms in total. The highest BCUT2D eigenvalue weighted by atomic mass is 19.1. The number of aryl methyl sites for hydroxylation is 1. The SMILES string of the molecule is COC1CCC(CN2CC(=O)Nc3ncc(-c4cc(F)c(-c5ncn[nH]5)cc4C)nc32)CC1. The number of aromatic nitrogens is 5. The van der Waals surface area contributed by atoms with Gasteiger partial charge in [0, 0.05) is 19.2 Å². The van der Waals surface area contributed by atoms with E-state index in [1.165, 1.54) is 12.4 Å². The molecule has 0 unspecified atom stereocenters. The third-order valence-electron chi connectivity index (χ3n) is 6.51. The lowest BCUT2D eigenvalue weighted by Crippen LogP contribution is -2.42. The van der Waals surface area contributed by atoms with E-state index >= 15 is 0 Å². The summed E-state index contributed by atoms with van der Waals surface area (Å²) in [5, 5.41) is 9.30. The lowest BCUT2D eigenvalue weighted by molar-refractivity contribution is -0.115. The normalized spacial score (nSPS) is 20.5. The third-order valence-corrected chi connectivity index (χ3v) is 6.51. The number of aromatic amines is 1. The molecule has 10 heteroatoms. The second-order valence-electron chi connectivity index (χ2n) is 8.72. The average Bonchev–Trinajstić information content (AvgIpc) is 3.35. The first-order valence-corrected chi connectivity index (χ1v) is 11.1. The van der Waals surface area contributed by atoms with E-state index in [-0.39, 0.29) is 12.5 Å². The van der Waals surface area contributed by atoms with Gasteiger partial charge in [-0.2, -0.15) is 5.10 Å². The maximum Gasteiger partial charge on any atom is 0.245 e. The summed E-state index contributed by atoms with van der Waals surface area (Å²) in [5.41, 5.74) is 2.38. The van der Waals surface area contributed by atoms with Crippen molar-refractivity contribution in [3.8, 4) is 22.6 Å². The van der Waals surface area contributed by atoms with E-state index in [0.29, 0.717) is 46.3 Å². The Labute approximate surface area is 190 Å². The standard InChI is InChI=1S/C23H26FN7O2/c1-13-7-17(21-26-12-27-30-21)18(24)8-16(13)19-9-25-22-23(28-19)31(11-20(32)29-22)10-14-3-5-15(33-2)6-4-14/h7-9,12,14-15H,3-6,10-11H2,1-2H3,(H,25,29,32)(H,26,27,30). The topological polar surface area (TPSA) is 109 Å². The highest BCUT2D eigenvalue weighted by Crippen LogP contribution is 2.34. The smallest absolute Gasteiger partial charge is 0.245 e. The Bertz CT molecular complexity index is 1160. The molecule has 2 aromatic heterocycles. The van der Waals surface area contributed by atoms with Gasteiger partial charge in [-0.05, 0) is 56.2 Å². The number of anilines is 2. The van der Waals surface area contributed by atoms with Crippen molar-refractivity contribution in [3.63, 3.8) is 0 Å². The number of carbonyl (C=O) groups is 1. The number of amides is 1. The van der Waals surface area contributed by atoms with E-state index in [0.717, 1.165) is 37.8 Å². The summed E-state index contributed by atoms with van der Waals surface area (Å²) < 4.78 is 20.4. The van der Waals surface area contributed by atoms with Crippen LogP contribution in [0.15, 0.2) is 24.7 Å². The molecule has 5 rings (SSSR count). The van der Waals surface area contributed by atoms with Gasteiger partial charge in [-0.3, -0.25) is 9.89 Å². The van der Waals surface area contributed by atoms with Crippen LogP contribution in [-0.4, -0.2) is 57.4 Å². The lowest BCUT2D eigenvalue weighted by Gasteiger charge is -2.35. The molecule has 0 radical (unpaired) electrons. The number of carbonyl (C=O) groups excluding carboxylic acids is 1. The fraction of sp³-hybridized carbons (Fsp3) is 0.435. The second kappa shape index (κ2) is 8.86. The first kappa shape index (κ1) is 21.4. The monoisotopic (exact) mass is 451 g/mol. The number of hydrogen-bond acceptors (Lipinski definition) is 7. The van der Waals surface area contributed by atoms with Crippen LogP contribution in [0.3, 0.4) is 0 Å². The summed E-state index contributed by atoms with van der Waals surface area (Å²) in [5.74, 6) is 1.37. The number of nitrogens with zero attached hydrogens (tertiary/aromatic N) is 5. The van der Waals surface area contributed by atoms with Gasteiger partial charge >= 0.3 is 0 Å². The van der Waals surface area contributed by atoms with Gasteiger partial charge < -0.3 is 15.0 Å². The van der Waals surface area contributed by atoms with Crippen molar-refractivity contribution < 1.29 is 13.9 Å². The highest BCUT2D eigenvalue weighted by molar-refractivity contribution is 5.99.